The summed E-state index contributed by atoms with van der Waals surface area (Å²) in [6.45, 7) is 0. The number of hydrogen-bond acceptors (Lipinski definition) is 13. The summed E-state index contributed by atoms with van der Waals surface area (Å²) in [6, 6.07) is -0.907. The molecule has 0 bridgehead atoms. The van der Waals surface area contributed by atoms with E-state index in [4.69, 9.17) is 41.7 Å². The summed E-state index contributed by atoms with van der Waals surface area (Å²) in [5.74, 6) is -6.75. The quantitative estimate of drug-likeness (QED) is 0.0711. The smallest absolute Gasteiger partial charge is 0.480 e. The number of ether oxygens (including phenoxy) is 1. The molecule has 3 rings (SSSR count). The Kier molecular flexibility index (Phi) is 17.5. The monoisotopic (exact) mass is 584 g/mol. The Morgan fingerprint density at radius 1 is 1.02 bits per heavy atom. The van der Waals surface area contributed by atoms with Crippen LogP contribution in [0.25, 0.3) is 11.2 Å². The van der Waals surface area contributed by atoms with Crippen molar-refractivity contribution in [2.45, 2.75) is 42.6 Å². The van der Waals surface area contributed by atoms with Crippen LogP contribution in [0.2, 0.25) is 0 Å². The summed E-state index contributed by atoms with van der Waals surface area (Å²) >= 11 is 0. The van der Waals surface area contributed by atoms with Crippen molar-refractivity contribution in [3.63, 3.8) is 0 Å². The van der Waals surface area contributed by atoms with E-state index in [9.17, 15) is 29.4 Å². The molecule has 210 valence electrons. The molecule has 1 aliphatic rings. The van der Waals surface area contributed by atoms with E-state index in [1.54, 1.807) is 0 Å². The first-order valence-electron chi connectivity index (χ1n) is 10.6. The topological polar surface area (TPSA) is 315 Å². The number of anilines is 1. The second kappa shape index (κ2) is 17.3. The summed E-state index contributed by atoms with van der Waals surface area (Å²) in [6.07, 6.45) is 1.31. The van der Waals surface area contributed by atoms with Gasteiger partial charge in [0.2, 0.25) is 0 Å². The summed E-state index contributed by atoms with van der Waals surface area (Å²) in [5.41, 5.74) is 8.34. The average molecular weight is 584 g/mol. The number of carboxylic acids is 4. The molecule has 0 radical (unpaired) electrons. The maximum Gasteiger partial charge on any atom is 1.00 e. The van der Waals surface area contributed by atoms with E-state index in [0.29, 0.717) is 29.1 Å². The van der Waals surface area contributed by atoms with Crippen LogP contribution >= 0.6 is 0 Å². The minimum absolute atomic E-state index is 0. The molecule has 2 aromatic rings. The fourth-order valence-electron chi connectivity index (χ4n) is 3.24. The van der Waals surface area contributed by atoms with Crippen LogP contribution in [0.15, 0.2) is 12.7 Å². The van der Waals surface area contributed by atoms with E-state index >= 15 is 0 Å². The first kappa shape index (κ1) is 41.3. The molecule has 0 saturated carbocycles. The number of nitrogens with zero attached hydrogens (tertiary/aromatic N) is 4. The molecular weight excluding hydrogens is 557 g/mol. The van der Waals surface area contributed by atoms with Crippen molar-refractivity contribution in [3.05, 3.63) is 12.7 Å². The normalized spacial score (nSPS) is 21.1. The van der Waals surface area contributed by atoms with Crippen molar-refractivity contribution < 1.29 is 116 Å². The van der Waals surface area contributed by atoms with Crippen LogP contribution in [0.3, 0.4) is 0 Å². The van der Waals surface area contributed by atoms with Crippen molar-refractivity contribution in [1.29, 1.82) is 0 Å². The first-order valence-corrected chi connectivity index (χ1v) is 12.5. The number of aliphatic hydroxyl groups excluding tert-OH is 2. The predicted molar refractivity (Wildman–Crippen MR) is 127 cm³/mol. The third-order valence-electron chi connectivity index (χ3n) is 5.47. The average Bonchev–Trinajstić information content (AvgIpc) is 3.39. The van der Waals surface area contributed by atoms with Gasteiger partial charge >= 0.3 is 86.1 Å². The number of hydrogen-bond donors (Lipinski definition) is 9. The molecule has 0 aromatic carbocycles. The van der Waals surface area contributed by atoms with Gasteiger partial charge in [-0.05, 0) is 10.9 Å². The second-order valence-corrected chi connectivity index (χ2v) is 10.4. The van der Waals surface area contributed by atoms with Crippen LogP contribution in [-0.4, -0.2) is 127 Å². The zero-order valence-corrected chi connectivity index (χ0v) is 23.5. The number of nitrogen functional groups attached to an aromatic ring is 1. The Balaban J connectivity index is 0. The minimum Gasteiger partial charge on any atom is -0.480 e. The number of carbonyl (C=O) groups is 4. The van der Waals surface area contributed by atoms with Gasteiger partial charge in [-0.2, -0.15) is 0 Å². The Labute approximate surface area is 270 Å². The molecule has 18 nitrogen and oxygen atoms in total. The third kappa shape index (κ3) is 9.59. The number of nitrogens with two attached hydrogens (primary N) is 2. The SMILES string of the molecule is C[S+](CC[C@H](N)C(=O)O)C[C@H]1O[C@@H](n2cnc3c(N)ncnc32)[C@H](O)[C@@H]1O.O=C(O)C(O)(C(=O)O)C(=O)O.[Li+].[Li+].[Li+]. The molecule has 22 heteroatoms. The van der Waals surface area contributed by atoms with Gasteiger partial charge in [-0.3, -0.25) is 9.36 Å². The first-order chi connectivity index (χ1) is 17.6. The van der Waals surface area contributed by atoms with Crippen LogP contribution in [0.4, 0.5) is 5.82 Å². The molecule has 0 spiro atoms. The third-order valence-corrected chi connectivity index (χ3v) is 7.30. The summed E-state index contributed by atoms with van der Waals surface area (Å²) in [5, 5.41) is 62.0. The number of carboxylic acid groups (broad SMARTS) is 4. The van der Waals surface area contributed by atoms with E-state index in [-0.39, 0.29) is 73.3 Å². The number of imidazole rings is 1. The van der Waals surface area contributed by atoms with Crippen molar-refractivity contribution in [3.8, 4) is 0 Å². The molecule has 6 atom stereocenters. The second-order valence-electron chi connectivity index (χ2n) is 8.14. The van der Waals surface area contributed by atoms with Crippen LogP contribution in [0, 0.1) is 0 Å². The molecule has 1 unspecified atom stereocenters. The van der Waals surface area contributed by atoms with Crippen molar-refractivity contribution in [1.82, 2.24) is 19.5 Å². The number of fused-ring (bicyclic) bond motifs is 1. The number of rotatable bonds is 10. The minimum atomic E-state index is -3.75. The van der Waals surface area contributed by atoms with E-state index < -0.39 is 60.1 Å². The Morgan fingerprint density at radius 2 is 1.56 bits per heavy atom. The molecular formula is C19H27Li3N6O12S+4. The number of aromatic nitrogens is 4. The van der Waals surface area contributed by atoms with Crippen LogP contribution < -0.4 is 68.0 Å². The molecule has 0 amide bonds. The van der Waals surface area contributed by atoms with E-state index in [1.807, 2.05) is 6.26 Å². The van der Waals surface area contributed by atoms with Gasteiger partial charge in [-0.15, -0.1) is 0 Å². The van der Waals surface area contributed by atoms with Gasteiger partial charge in [0.05, 0.1) is 12.6 Å². The molecule has 41 heavy (non-hydrogen) atoms. The van der Waals surface area contributed by atoms with Gasteiger partial charge in [-0.1, -0.05) is 0 Å². The largest absolute Gasteiger partial charge is 1.00 e. The zero-order chi connectivity index (χ0) is 28.9. The fraction of sp³-hybridized carbons (Fsp3) is 0.526. The molecule has 1 saturated heterocycles. The van der Waals surface area contributed by atoms with Gasteiger partial charge in [0.1, 0.15) is 47.7 Å². The summed E-state index contributed by atoms with van der Waals surface area (Å²) < 4.78 is 7.41. The molecule has 1 aliphatic heterocycles. The van der Waals surface area contributed by atoms with Gasteiger partial charge in [-0.25, -0.2) is 29.3 Å². The standard InChI is InChI=1S/C15H22N6O5S.C4H4O7.3Li/c1-27(3-2-7(16)15(24)25)4-8-10(22)11(23)14(26-8)21-6-20-9-12(17)18-5-19-13(9)21;5-1(6)4(11,2(7)8)3(9)10;;;/h5-8,10-11,14,22-23H,2-4,16H2,1H3,(H2-,17,18,19,24,25);11H,(H,5,6)(H,7,8)(H,9,10);;;/q;;3*+1/p+1/t7-,8+,10+,11+,14+,27?;;;;/m0..../s1. The molecule has 3 heterocycles. The number of aliphatic carboxylic acids is 4. The molecule has 11 N–H and O–H groups in total. The molecule has 1 fully saturated rings. The van der Waals surface area contributed by atoms with Crippen LogP contribution in [0.5, 0.6) is 0 Å². The summed E-state index contributed by atoms with van der Waals surface area (Å²) in [7, 11) is -0.235. The van der Waals surface area contributed by atoms with Crippen molar-refractivity contribution >= 4 is 51.8 Å². The van der Waals surface area contributed by atoms with Crippen LogP contribution in [-0.2, 0) is 34.8 Å². The van der Waals surface area contributed by atoms with Gasteiger partial charge < -0.3 is 51.9 Å². The van der Waals surface area contributed by atoms with E-state index in [2.05, 4.69) is 15.0 Å². The van der Waals surface area contributed by atoms with E-state index in [0.717, 1.165) is 0 Å². The van der Waals surface area contributed by atoms with Crippen molar-refractivity contribution in [2.75, 3.05) is 23.5 Å². The maximum atomic E-state index is 10.8. The maximum absolute atomic E-state index is 10.8. The molecule has 0 aliphatic carbocycles. The predicted octanol–water partition coefficient (Wildman–Crippen LogP) is -12.9. The Hall–Kier alpha value is -1.83. The fourth-order valence-corrected chi connectivity index (χ4v) is 4.90. The van der Waals surface area contributed by atoms with Gasteiger partial charge in [0.15, 0.2) is 17.7 Å². The van der Waals surface area contributed by atoms with Gasteiger partial charge in [0, 0.05) is 6.42 Å². The Morgan fingerprint density at radius 3 is 2.02 bits per heavy atom. The summed E-state index contributed by atoms with van der Waals surface area (Å²) in [4.78, 5) is 52.6. The molecule has 2 aromatic heterocycles. The number of aliphatic hydroxyl groups is 3. The van der Waals surface area contributed by atoms with Crippen LogP contribution in [0.1, 0.15) is 12.6 Å². The van der Waals surface area contributed by atoms with Gasteiger partial charge in [0.25, 0.3) is 0 Å². The van der Waals surface area contributed by atoms with Crippen molar-refractivity contribution in [2.24, 2.45) is 5.73 Å². The Bertz CT molecular complexity index is 1170. The zero-order valence-electron chi connectivity index (χ0n) is 22.7. The van der Waals surface area contributed by atoms with E-state index in [1.165, 1.54) is 17.2 Å².